The van der Waals surface area contributed by atoms with Crippen LogP contribution in [0.1, 0.15) is 0 Å². The van der Waals surface area contributed by atoms with Crippen LogP contribution < -0.4 is 27.1 Å². The van der Waals surface area contributed by atoms with Gasteiger partial charge < -0.3 is 10.3 Å². The molecular formula is C6H4N10O8. The second-order valence-corrected chi connectivity index (χ2v) is 3.82. The molecule has 0 amide bonds. The minimum atomic E-state index is -1.48. The van der Waals surface area contributed by atoms with Gasteiger partial charge in [-0.2, -0.15) is 0 Å². The van der Waals surface area contributed by atoms with Crippen molar-refractivity contribution in [3.05, 3.63) is 63.1 Å². The highest BCUT2D eigenvalue weighted by Gasteiger charge is 2.36. The van der Waals surface area contributed by atoms with E-state index in [0.29, 0.717) is 0 Å². The van der Waals surface area contributed by atoms with Crippen molar-refractivity contribution < 1.29 is 19.7 Å². The molecule has 0 saturated carbocycles. The molecule has 1 fully saturated rings. The van der Waals surface area contributed by atoms with Crippen LogP contribution in [0.3, 0.4) is 0 Å². The maximum absolute atomic E-state index is 10.6. The number of hydrazine groups is 1. The smallest absolute Gasteiger partial charge is 0.311 e. The van der Waals surface area contributed by atoms with Gasteiger partial charge in [-0.05, 0) is 0 Å². The van der Waals surface area contributed by atoms with Crippen LogP contribution in [0.15, 0.2) is 11.6 Å². The van der Waals surface area contributed by atoms with E-state index in [2.05, 4.69) is 31.3 Å². The third kappa shape index (κ3) is 2.81. The molecule has 18 heteroatoms. The Balaban J connectivity index is 2.55. The second-order valence-electron chi connectivity index (χ2n) is 3.82. The average molecular weight is 344 g/mol. The van der Waals surface area contributed by atoms with Crippen LogP contribution in [0.5, 0.6) is 0 Å². The first kappa shape index (κ1) is 16.0. The summed E-state index contributed by atoms with van der Waals surface area (Å²) in [6, 6.07) is 0. The molecular weight excluding hydrogens is 340 g/mol. The van der Waals surface area contributed by atoms with Crippen LogP contribution in [0, 0.1) is 40.5 Å². The van der Waals surface area contributed by atoms with Crippen molar-refractivity contribution in [1.29, 1.82) is 0 Å². The summed E-state index contributed by atoms with van der Waals surface area (Å²) >= 11 is 0. The lowest BCUT2D eigenvalue weighted by molar-refractivity contribution is -0.617. The first-order valence-corrected chi connectivity index (χ1v) is 5.50. The van der Waals surface area contributed by atoms with Gasteiger partial charge in [0.15, 0.2) is 11.3 Å². The summed E-state index contributed by atoms with van der Waals surface area (Å²) in [7, 11) is 0. The first-order chi connectivity index (χ1) is 11.2. The van der Waals surface area contributed by atoms with Crippen LogP contribution in [-0.4, -0.2) is 34.9 Å². The average Bonchev–Trinajstić information content (AvgIpc) is 3.06. The molecule has 4 N–H and O–H groups in total. The van der Waals surface area contributed by atoms with Gasteiger partial charge in [-0.25, -0.2) is 0 Å². The second kappa shape index (κ2) is 5.78. The van der Waals surface area contributed by atoms with Gasteiger partial charge in [0.05, 0.1) is 0 Å². The van der Waals surface area contributed by atoms with E-state index in [1.807, 2.05) is 0 Å². The number of aromatic amines is 1. The third-order valence-corrected chi connectivity index (χ3v) is 2.41. The Hall–Kier alpha value is -4.38. The summed E-state index contributed by atoms with van der Waals surface area (Å²) in [6.45, 7) is 0. The van der Waals surface area contributed by atoms with Crippen LogP contribution in [0.25, 0.3) is 11.6 Å². The molecule has 0 unspecified atom stereocenters. The van der Waals surface area contributed by atoms with Gasteiger partial charge >= 0.3 is 17.1 Å². The molecule has 0 aromatic carbocycles. The lowest BCUT2D eigenvalue weighted by atomic mass is 10.6. The standard InChI is InChI=1S/C6H4N10O8/c17-13(18)5(14(19)20)3-7-1(9-11-3)2-8-4(12-10-2)6(15(21)22)16(23)24/h7-9,11H/b2-1-. The summed E-state index contributed by atoms with van der Waals surface area (Å²) in [5.74, 6) is -3.78. The molecule has 1 saturated heterocycles. The Bertz CT molecular complexity index is 880. The number of rotatable bonds is 4. The molecule has 2 rings (SSSR count). The molecule has 18 nitrogen and oxygen atoms in total. The number of hydrogen-bond acceptors (Lipinski definition) is 13. The normalized spacial score (nSPS) is 14.9. The minimum absolute atomic E-state index is 0.240. The zero-order valence-electron chi connectivity index (χ0n) is 10.9. The van der Waals surface area contributed by atoms with Crippen LogP contribution >= 0.6 is 0 Å². The van der Waals surface area contributed by atoms with Crippen molar-refractivity contribution >= 4 is 11.6 Å². The van der Waals surface area contributed by atoms with E-state index >= 15 is 0 Å². The third-order valence-electron chi connectivity index (χ3n) is 2.41. The number of nitro groups is 4. The van der Waals surface area contributed by atoms with Crippen LogP contribution in [0.2, 0.25) is 0 Å². The fourth-order valence-electron chi connectivity index (χ4n) is 1.51. The molecule has 1 aromatic heterocycles. The fraction of sp³-hybridized carbons (Fsp3) is 0. The van der Waals surface area contributed by atoms with Gasteiger partial charge in [0.2, 0.25) is 0 Å². The zero-order valence-corrected chi connectivity index (χ0v) is 10.9. The van der Waals surface area contributed by atoms with Crippen molar-refractivity contribution in [3.8, 4) is 0 Å². The predicted molar refractivity (Wildman–Crippen MR) is 66.9 cm³/mol. The Labute approximate surface area is 127 Å². The van der Waals surface area contributed by atoms with Crippen molar-refractivity contribution in [2.45, 2.75) is 0 Å². The molecule has 1 aromatic rings. The van der Waals surface area contributed by atoms with Crippen molar-refractivity contribution in [1.82, 2.24) is 31.3 Å². The van der Waals surface area contributed by atoms with Gasteiger partial charge in [0.1, 0.15) is 19.7 Å². The lowest BCUT2D eigenvalue weighted by Crippen LogP contribution is -2.29. The Morgan fingerprint density at radius 2 is 1.33 bits per heavy atom. The van der Waals surface area contributed by atoms with Gasteiger partial charge in [-0.1, -0.05) is 0 Å². The number of nitrogens with one attached hydrogen (secondary N) is 4. The van der Waals surface area contributed by atoms with Crippen LogP contribution in [0.4, 0.5) is 0 Å². The first-order valence-electron chi connectivity index (χ1n) is 5.50. The SMILES string of the molecule is O=[N+]([O-])C(=C1NN/C(=c2\nnc(=C([N+](=O)[O-])[N+](=O)[O-])[nH]2)N1)[N+](=O)[O-]. The molecule has 0 bridgehead atoms. The van der Waals surface area contributed by atoms with Gasteiger partial charge in [-0.15, -0.1) is 10.2 Å². The molecule has 2 heterocycles. The molecule has 0 spiro atoms. The molecule has 24 heavy (non-hydrogen) atoms. The van der Waals surface area contributed by atoms with E-state index in [1.165, 1.54) is 0 Å². The summed E-state index contributed by atoms with van der Waals surface area (Å²) in [5, 5.41) is 51.2. The van der Waals surface area contributed by atoms with E-state index in [9.17, 15) is 40.5 Å². The zero-order chi connectivity index (χ0) is 18.0. The number of nitrogens with zero attached hydrogens (tertiary/aromatic N) is 6. The lowest BCUT2D eigenvalue weighted by Gasteiger charge is -1.92. The molecule has 0 radical (unpaired) electrons. The van der Waals surface area contributed by atoms with Gasteiger partial charge in [-0.3, -0.25) is 51.3 Å². The molecule has 0 atom stereocenters. The highest BCUT2D eigenvalue weighted by Crippen LogP contribution is 2.05. The predicted octanol–water partition coefficient (Wildman–Crippen LogP) is -4.13. The van der Waals surface area contributed by atoms with E-state index < -0.39 is 42.6 Å². The summed E-state index contributed by atoms with van der Waals surface area (Å²) in [6.07, 6.45) is 0. The van der Waals surface area contributed by atoms with E-state index in [0.717, 1.165) is 0 Å². The van der Waals surface area contributed by atoms with Crippen LogP contribution in [-0.2, 0) is 0 Å². The maximum atomic E-state index is 10.6. The Morgan fingerprint density at radius 1 is 0.792 bits per heavy atom. The van der Waals surface area contributed by atoms with Crippen molar-refractivity contribution in [2.24, 2.45) is 0 Å². The van der Waals surface area contributed by atoms with Gasteiger partial charge in [0.25, 0.3) is 5.82 Å². The summed E-state index contributed by atoms with van der Waals surface area (Å²) in [4.78, 5) is 39.4. The van der Waals surface area contributed by atoms with E-state index in [1.54, 1.807) is 0 Å². The van der Waals surface area contributed by atoms with E-state index in [4.69, 9.17) is 0 Å². The van der Waals surface area contributed by atoms with E-state index in [-0.39, 0.29) is 11.3 Å². The monoisotopic (exact) mass is 344 g/mol. The number of hydrogen-bond donors (Lipinski definition) is 4. The molecule has 1 aliphatic rings. The number of aromatic nitrogens is 3. The topological polar surface area (TPSA) is 250 Å². The Kier molecular flexibility index (Phi) is 3.85. The molecule has 1 aliphatic heterocycles. The molecule has 0 aliphatic carbocycles. The largest absolute Gasteiger partial charge is 0.603 e. The van der Waals surface area contributed by atoms with Crippen molar-refractivity contribution in [3.63, 3.8) is 0 Å². The van der Waals surface area contributed by atoms with Crippen molar-refractivity contribution in [2.75, 3.05) is 0 Å². The summed E-state index contributed by atoms with van der Waals surface area (Å²) in [5.41, 5.74) is 3.19. The summed E-state index contributed by atoms with van der Waals surface area (Å²) < 4.78 is 0. The number of H-pyrrole nitrogens is 1. The van der Waals surface area contributed by atoms with Gasteiger partial charge in [0, 0.05) is 0 Å². The minimum Gasteiger partial charge on any atom is -0.311 e. The fourth-order valence-corrected chi connectivity index (χ4v) is 1.51. The highest BCUT2D eigenvalue weighted by molar-refractivity contribution is 5.42. The highest BCUT2D eigenvalue weighted by atomic mass is 16.7. The molecule has 126 valence electrons. The maximum Gasteiger partial charge on any atom is 0.603 e. The Morgan fingerprint density at radius 3 is 1.83 bits per heavy atom. The quantitative estimate of drug-likeness (QED) is 0.299.